The fourth-order valence-corrected chi connectivity index (χ4v) is 4.57. The van der Waals surface area contributed by atoms with Crippen molar-refractivity contribution in [2.75, 3.05) is 18.4 Å². The fraction of sp³-hybridized carbons (Fsp3) is 0.278. The molecule has 3 aromatic rings. The van der Waals surface area contributed by atoms with Gasteiger partial charge in [-0.25, -0.2) is 27.8 Å². The monoisotopic (exact) mass is 454 g/mol. The van der Waals surface area contributed by atoms with Crippen LogP contribution in [0.1, 0.15) is 17.0 Å². The summed E-state index contributed by atoms with van der Waals surface area (Å²) in [6, 6.07) is 6.57. The average Bonchev–Trinajstić information content (AvgIpc) is 3.00. The van der Waals surface area contributed by atoms with Gasteiger partial charge in [0.05, 0.1) is 10.7 Å². The van der Waals surface area contributed by atoms with Crippen LogP contribution in [0.5, 0.6) is 0 Å². The van der Waals surface area contributed by atoms with E-state index in [-0.39, 0.29) is 16.5 Å². The molecule has 0 aliphatic heterocycles. The molecule has 8 nitrogen and oxygen atoms in total. The molecule has 0 spiro atoms. The van der Waals surface area contributed by atoms with Crippen molar-refractivity contribution in [1.82, 2.24) is 24.5 Å². The first kappa shape index (κ1) is 21.5. The highest BCUT2D eigenvalue weighted by Crippen LogP contribution is 2.28. The first-order chi connectivity index (χ1) is 13.7. The standard InChI is InChI=1S/C18H20Cl2N6O2S/c1-11-6-16(15(20)8-14(11)19)29(27,28)24-5-4-21-17-9-18(23-10-22-17)26-13(3)7-12(2)25-26/h6-10,24H,4-5H2,1-3H3,(H,21,22,23). The number of halogens is 2. The lowest BCUT2D eigenvalue weighted by atomic mass is 10.2. The summed E-state index contributed by atoms with van der Waals surface area (Å²) >= 11 is 12.0. The molecule has 2 N–H and O–H groups in total. The lowest BCUT2D eigenvalue weighted by Crippen LogP contribution is -2.29. The largest absolute Gasteiger partial charge is 0.369 e. The first-order valence-corrected chi connectivity index (χ1v) is 11.0. The number of aryl methyl sites for hydroxylation is 3. The highest BCUT2D eigenvalue weighted by Gasteiger charge is 2.19. The minimum atomic E-state index is -3.77. The van der Waals surface area contributed by atoms with Gasteiger partial charge in [-0.3, -0.25) is 0 Å². The van der Waals surface area contributed by atoms with Crippen molar-refractivity contribution in [3.05, 3.63) is 57.6 Å². The summed E-state index contributed by atoms with van der Waals surface area (Å²) < 4.78 is 29.2. The van der Waals surface area contributed by atoms with Gasteiger partial charge in [0.2, 0.25) is 10.0 Å². The molecule has 0 aliphatic carbocycles. The molecule has 3 rings (SSSR count). The van der Waals surface area contributed by atoms with Crippen LogP contribution in [0.3, 0.4) is 0 Å². The number of anilines is 1. The Hall–Kier alpha value is -2.20. The zero-order valence-electron chi connectivity index (χ0n) is 16.1. The van der Waals surface area contributed by atoms with Gasteiger partial charge in [-0.1, -0.05) is 23.2 Å². The Morgan fingerprint density at radius 2 is 1.76 bits per heavy atom. The second-order valence-corrected chi connectivity index (χ2v) is 9.01. The maximum atomic E-state index is 12.5. The molecule has 0 amide bonds. The molecule has 154 valence electrons. The van der Waals surface area contributed by atoms with Gasteiger partial charge in [0, 0.05) is 29.9 Å². The number of benzene rings is 1. The zero-order chi connectivity index (χ0) is 21.2. The van der Waals surface area contributed by atoms with Crippen molar-refractivity contribution in [1.29, 1.82) is 0 Å². The van der Waals surface area contributed by atoms with Gasteiger partial charge >= 0.3 is 0 Å². The molecule has 0 atom stereocenters. The molecule has 0 unspecified atom stereocenters. The van der Waals surface area contributed by atoms with Gasteiger partial charge in [-0.15, -0.1) is 0 Å². The zero-order valence-corrected chi connectivity index (χ0v) is 18.4. The summed E-state index contributed by atoms with van der Waals surface area (Å²) in [6.07, 6.45) is 1.43. The average molecular weight is 455 g/mol. The second kappa shape index (κ2) is 8.66. The van der Waals surface area contributed by atoms with Gasteiger partial charge < -0.3 is 5.32 Å². The van der Waals surface area contributed by atoms with E-state index in [1.807, 2.05) is 19.9 Å². The van der Waals surface area contributed by atoms with Gasteiger partial charge in [0.1, 0.15) is 17.0 Å². The molecule has 2 aromatic heterocycles. The van der Waals surface area contributed by atoms with Gasteiger partial charge in [0.25, 0.3) is 0 Å². The van der Waals surface area contributed by atoms with Crippen molar-refractivity contribution < 1.29 is 8.42 Å². The summed E-state index contributed by atoms with van der Waals surface area (Å²) in [4.78, 5) is 8.38. The quantitative estimate of drug-likeness (QED) is 0.531. The van der Waals surface area contributed by atoms with E-state index in [0.29, 0.717) is 28.8 Å². The molecule has 0 saturated carbocycles. The number of sulfonamides is 1. The van der Waals surface area contributed by atoms with Crippen LogP contribution in [0.25, 0.3) is 5.82 Å². The van der Waals surface area contributed by atoms with Crippen LogP contribution in [-0.2, 0) is 10.0 Å². The second-order valence-electron chi connectivity index (χ2n) is 6.46. The number of aromatic nitrogens is 4. The van der Waals surface area contributed by atoms with Gasteiger partial charge in [-0.05, 0) is 44.5 Å². The highest BCUT2D eigenvalue weighted by molar-refractivity contribution is 7.89. The Kier molecular flexibility index (Phi) is 6.42. The maximum absolute atomic E-state index is 12.5. The predicted molar refractivity (Wildman–Crippen MR) is 114 cm³/mol. The minimum absolute atomic E-state index is 0.00471. The number of hydrogen-bond donors (Lipinski definition) is 2. The van der Waals surface area contributed by atoms with Crippen LogP contribution in [0.2, 0.25) is 10.0 Å². The van der Waals surface area contributed by atoms with E-state index in [0.717, 1.165) is 11.4 Å². The van der Waals surface area contributed by atoms with Crippen LogP contribution in [0, 0.1) is 20.8 Å². The molecule has 29 heavy (non-hydrogen) atoms. The van der Waals surface area contributed by atoms with E-state index in [1.54, 1.807) is 17.7 Å². The van der Waals surface area contributed by atoms with E-state index >= 15 is 0 Å². The van der Waals surface area contributed by atoms with Gasteiger partial charge in [0.15, 0.2) is 5.82 Å². The molecule has 2 heterocycles. The third-order valence-corrected chi connectivity index (χ3v) is 6.44. The SMILES string of the molecule is Cc1cc(C)n(-c2cc(NCCNS(=O)(=O)c3cc(C)c(Cl)cc3Cl)ncn2)n1. The van der Waals surface area contributed by atoms with E-state index < -0.39 is 10.0 Å². The van der Waals surface area contributed by atoms with Crippen molar-refractivity contribution in [3.8, 4) is 5.82 Å². The molecule has 0 saturated heterocycles. The first-order valence-electron chi connectivity index (χ1n) is 8.72. The normalized spacial score (nSPS) is 11.6. The predicted octanol–water partition coefficient (Wildman–Crippen LogP) is 3.28. The summed E-state index contributed by atoms with van der Waals surface area (Å²) in [6.45, 7) is 6.02. The van der Waals surface area contributed by atoms with Crippen LogP contribution in [0.15, 0.2) is 35.5 Å². The highest BCUT2D eigenvalue weighted by atomic mass is 35.5. The lowest BCUT2D eigenvalue weighted by molar-refractivity contribution is 0.583. The Bertz CT molecular complexity index is 1150. The van der Waals surface area contributed by atoms with Crippen LogP contribution in [0.4, 0.5) is 5.82 Å². The molecule has 0 aliphatic rings. The topological polar surface area (TPSA) is 102 Å². The van der Waals surface area contributed by atoms with Crippen LogP contribution < -0.4 is 10.0 Å². The molecule has 1 aromatic carbocycles. The Balaban J connectivity index is 1.63. The molecule has 0 fully saturated rings. The molecule has 0 bridgehead atoms. The lowest BCUT2D eigenvalue weighted by Gasteiger charge is -2.11. The Labute approximate surface area is 179 Å². The smallest absolute Gasteiger partial charge is 0.242 e. The molecule has 11 heteroatoms. The van der Waals surface area contributed by atoms with Crippen molar-refractivity contribution in [2.45, 2.75) is 25.7 Å². The summed E-state index contributed by atoms with van der Waals surface area (Å²) in [7, 11) is -3.77. The number of nitrogens with one attached hydrogen (secondary N) is 2. The third kappa shape index (κ3) is 5.05. The Morgan fingerprint density at radius 1 is 1.00 bits per heavy atom. The third-order valence-electron chi connectivity index (χ3n) is 4.11. The van der Waals surface area contributed by atoms with Crippen molar-refractivity contribution in [2.24, 2.45) is 0 Å². The number of rotatable bonds is 7. The molecular formula is C18H20Cl2N6O2S. The van der Waals surface area contributed by atoms with Crippen molar-refractivity contribution in [3.63, 3.8) is 0 Å². The molecular weight excluding hydrogens is 435 g/mol. The summed E-state index contributed by atoms with van der Waals surface area (Å²) in [5.41, 5.74) is 2.48. The number of hydrogen-bond acceptors (Lipinski definition) is 6. The minimum Gasteiger partial charge on any atom is -0.369 e. The Morgan fingerprint density at radius 3 is 2.45 bits per heavy atom. The van der Waals surface area contributed by atoms with E-state index in [1.165, 1.54) is 18.5 Å². The fourth-order valence-electron chi connectivity index (χ4n) is 2.71. The summed E-state index contributed by atoms with van der Waals surface area (Å²) in [5.74, 6) is 1.18. The number of nitrogens with zero attached hydrogens (tertiary/aromatic N) is 4. The summed E-state index contributed by atoms with van der Waals surface area (Å²) in [5, 5.41) is 7.95. The van der Waals surface area contributed by atoms with Gasteiger partial charge in [-0.2, -0.15) is 5.10 Å². The molecule has 0 radical (unpaired) electrons. The van der Waals surface area contributed by atoms with Crippen LogP contribution in [-0.4, -0.2) is 41.3 Å². The van der Waals surface area contributed by atoms with E-state index in [2.05, 4.69) is 25.1 Å². The van der Waals surface area contributed by atoms with Crippen LogP contribution >= 0.6 is 23.2 Å². The van der Waals surface area contributed by atoms with E-state index in [9.17, 15) is 8.42 Å². The van der Waals surface area contributed by atoms with E-state index in [4.69, 9.17) is 23.2 Å². The van der Waals surface area contributed by atoms with Crippen molar-refractivity contribution >= 4 is 39.0 Å². The maximum Gasteiger partial charge on any atom is 0.242 e.